The van der Waals surface area contributed by atoms with Crippen molar-refractivity contribution in [2.24, 2.45) is 0 Å². The lowest BCUT2D eigenvalue weighted by Crippen LogP contribution is -2.09. The van der Waals surface area contributed by atoms with Crippen molar-refractivity contribution >= 4 is 34.1 Å². The Kier molecular flexibility index (Phi) is 3.09. The molecule has 0 saturated heterocycles. The first-order chi connectivity index (χ1) is 9.13. The summed E-state index contributed by atoms with van der Waals surface area (Å²) in [4.78, 5) is 15.2. The van der Waals surface area contributed by atoms with Crippen LogP contribution >= 0.6 is 22.6 Å². The molecule has 3 aromatic heterocycles. The van der Waals surface area contributed by atoms with Gasteiger partial charge >= 0.3 is 0 Å². The normalized spacial score (nSPS) is 10.9. The molecule has 0 N–H and O–H groups in total. The predicted molar refractivity (Wildman–Crippen MR) is 83.3 cm³/mol. The minimum absolute atomic E-state index is 0.895. The molecule has 0 atom stereocenters. The molecular formula is C13H12IN5. The Labute approximate surface area is 124 Å². The van der Waals surface area contributed by atoms with Crippen LogP contribution < -0.4 is 4.90 Å². The summed E-state index contributed by atoms with van der Waals surface area (Å²) in [6, 6.07) is 5.97. The minimum atomic E-state index is 0.895. The first-order valence-electron chi connectivity index (χ1n) is 5.77. The number of halogens is 1. The van der Waals surface area contributed by atoms with Crippen LogP contribution in [0.1, 0.15) is 0 Å². The molecule has 0 bridgehead atoms. The van der Waals surface area contributed by atoms with E-state index >= 15 is 0 Å². The van der Waals surface area contributed by atoms with Crippen LogP contribution in [0.4, 0.5) is 5.82 Å². The molecule has 0 fully saturated rings. The van der Waals surface area contributed by atoms with E-state index in [4.69, 9.17) is 0 Å². The number of aromatic nitrogens is 4. The fourth-order valence-electron chi connectivity index (χ4n) is 1.81. The van der Waals surface area contributed by atoms with E-state index in [0.29, 0.717) is 0 Å². The average molecular weight is 365 g/mol. The third-order valence-electron chi connectivity index (χ3n) is 2.82. The molecule has 0 aliphatic carbocycles. The maximum atomic E-state index is 4.58. The molecule has 0 aliphatic heterocycles. The van der Waals surface area contributed by atoms with Crippen molar-refractivity contribution in [3.63, 3.8) is 0 Å². The second kappa shape index (κ2) is 4.76. The third-order valence-corrected chi connectivity index (χ3v) is 3.41. The average Bonchev–Trinajstić information content (AvgIpc) is 2.81. The number of pyridine rings is 1. The largest absolute Gasteiger partial charge is 0.363 e. The summed E-state index contributed by atoms with van der Waals surface area (Å²) in [5.74, 6) is 0.934. The summed E-state index contributed by atoms with van der Waals surface area (Å²) in [7, 11) is 3.95. The second-order valence-electron chi connectivity index (χ2n) is 4.40. The van der Waals surface area contributed by atoms with E-state index in [1.807, 2.05) is 54.0 Å². The summed E-state index contributed by atoms with van der Waals surface area (Å²) >= 11 is 2.18. The Balaban J connectivity index is 2.03. The molecule has 0 unspecified atom stereocenters. The summed E-state index contributed by atoms with van der Waals surface area (Å²) in [5.41, 5.74) is 2.80. The topological polar surface area (TPSA) is 46.3 Å². The first kappa shape index (κ1) is 12.3. The number of nitrogens with zero attached hydrogens (tertiary/aromatic N) is 5. The fraction of sp³-hybridized carbons (Fsp3) is 0.154. The van der Waals surface area contributed by atoms with Gasteiger partial charge in [0, 0.05) is 38.1 Å². The summed E-state index contributed by atoms with van der Waals surface area (Å²) in [5, 5.41) is 0. The van der Waals surface area contributed by atoms with Crippen molar-refractivity contribution in [3.05, 3.63) is 40.6 Å². The molecule has 0 saturated carbocycles. The lowest BCUT2D eigenvalue weighted by Gasteiger charge is -2.10. The van der Waals surface area contributed by atoms with Crippen molar-refractivity contribution in [3.8, 4) is 11.3 Å². The van der Waals surface area contributed by atoms with Crippen LogP contribution in [0, 0.1) is 3.70 Å². The Morgan fingerprint density at radius 2 is 2.05 bits per heavy atom. The van der Waals surface area contributed by atoms with E-state index in [2.05, 4.69) is 37.5 Å². The highest BCUT2D eigenvalue weighted by molar-refractivity contribution is 14.1. The number of hydrogen-bond acceptors (Lipinski definition) is 4. The molecule has 0 aliphatic rings. The lowest BCUT2D eigenvalue weighted by molar-refractivity contribution is 1.07. The Bertz CT molecular complexity index is 717. The van der Waals surface area contributed by atoms with Gasteiger partial charge in [0.25, 0.3) is 0 Å². The minimum Gasteiger partial charge on any atom is -0.363 e. The standard InChI is InChI=1S/C13H12IN5/c1-18(2)12-4-3-9(6-15-12)10-7-19-8-16-11(14)5-13(19)17-10/h3-8H,1-2H3. The zero-order chi connectivity index (χ0) is 13.4. The van der Waals surface area contributed by atoms with Crippen LogP contribution in [0.2, 0.25) is 0 Å². The molecule has 6 heteroatoms. The van der Waals surface area contributed by atoms with Gasteiger partial charge in [-0.15, -0.1) is 0 Å². The SMILES string of the molecule is CN(C)c1ccc(-c2cn3cnc(I)cc3n2)cn1. The maximum absolute atomic E-state index is 4.58. The predicted octanol–water partition coefficient (Wildman–Crippen LogP) is 2.46. The van der Waals surface area contributed by atoms with Crippen molar-refractivity contribution in [1.82, 2.24) is 19.4 Å². The smallest absolute Gasteiger partial charge is 0.141 e. The quantitative estimate of drug-likeness (QED) is 0.517. The van der Waals surface area contributed by atoms with Gasteiger partial charge in [0.2, 0.25) is 0 Å². The molecule has 3 heterocycles. The van der Waals surface area contributed by atoms with Crippen LogP contribution in [0.5, 0.6) is 0 Å². The molecular weight excluding hydrogens is 353 g/mol. The molecule has 0 spiro atoms. The first-order valence-corrected chi connectivity index (χ1v) is 6.85. The van der Waals surface area contributed by atoms with Crippen molar-refractivity contribution in [2.75, 3.05) is 19.0 Å². The van der Waals surface area contributed by atoms with E-state index in [0.717, 1.165) is 26.4 Å². The zero-order valence-corrected chi connectivity index (χ0v) is 12.7. The van der Waals surface area contributed by atoms with Crippen molar-refractivity contribution < 1.29 is 0 Å². The van der Waals surface area contributed by atoms with E-state index < -0.39 is 0 Å². The molecule has 96 valence electrons. The van der Waals surface area contributed by atoms with Crippen LogP contribution in [-0.2, 0) is 0 Å². The number of hydrogen-bond donors (Lipinski definition) is 0. The number of anilines is 1. The van der Waals surface area contributed by atoms with Gasteiger partial charge in [0.15, 0.2) is 0 Å². The van der Waals surface area contributed by atoms with Crippen LogP contribution in [0.25, 0.3) is 16.9 Å². The highest BCUT2D eigenvalue weighted by Crippen LogP contribution is 2.20. The van der Waals surface area contributed by atoms with Crippen molar-refractivity contribution in [1.29, 1.82) is 0 Å². The van der Waals surface area contributed by atoms with Crippen molar-refractivity contribution in [2.45, 2.75) is 0 Å². The van der Waals surface area contributed by atoms with Gasteiger partial charge in [-0.25, -0.2) is 15.0 Å². The van der Waals surface area contributed by atoms with Crippen LogP contribution in [-0.4, -0.2) is 33.4 Å². The summed E-state index contributed by atoms with van der Waals surface area (Å²) in [6.07, 6.45) is 5.58. The number of rotatable bonds is 2. The molecule has 5 nitrogen and oxygen atoms in total. The molecule has 0 aromatic carbocycles. The van der Waals surface area contributed by atoms with Gasteiger partial charge in [-0.2, -0.15) is 0 Å². The monoisotopic (exact) mass is 365 g/mol. The van der Waals surface area contributed by atoms with Gasteiger partial charge in [0.1, 0.15) is 21.5 Å². The maximum Gasteiger partial charge on any atom is 0.141 e. The van der Waals surface area contributed by atoms with Crippen LogP contribution in [0.15, 0.2) is 36.9 Å². The summed E-state index contributed by atoms with van der Waals surface area (Å²) < 4.78 is 2.85. The fourth-order valence-corrected chi connectivity index (χ4v) is 2.21. The van der Waals surface area contributed by atoms with Gasteiger partial charge in [-0.1, -0.05) is 0 Å². The van der Waals surface area contributed by atoms with Gasteiger partial charge in [0.05, 0.1) is 5.69 Å². The van der Waals surface area contributed by atoms with E-state index in [-0.39, 0.29) is 0 Å². The van der Waals surface area contributed by atoms with Gasteiger partial charge in [-0.3, -0.25) is 4.40 Å². The molecule has 3 rings (SSSR count). The number of fused-ring (bicyclic) bond motifs is 1. The third kappa shape index (κ3) is 2.40. The zero-order valence-electron chi connectivity index (χ0n) is 10.6. The Morgan fingerprint density at radius 1 is 1.21 bits per heavy atom. The van der Waals surface area contributed by atoms with E-state index in [1.165, 1.54) is 0 Å². The molecule has 0 radical (unpaired) electrons. The molecule has 0 amide bonds. The highest BCUT2D eigenvalue weighted by atomic mass is 127. The second-order valence-corrected chi connectivity index (χ2v) is 5.51. The Morgan fingerprint density at radius 3 is 2.74 bits per heavy atom. The van der Waals surface area contributed by atoms with Gasteiger partial charge < -0.3 is 4.90 Å². The number of imidazole rings is 1. The van der Waals surface area contributed by atoms with Crippen LogP contribution in [0.3, 0.4) is 0 Å². The highest BCUT2D eigenvalue weighted by Gasteiger charge is 2.06. The summed E-state index contributed by atoms with van der Waals surface area (Å²) in [6.45, 7) is 0. The van der Waals surface area contributed by atoms with E-state index in [9.17, 15) is 0 Å². The molecule has 3 aromatic rings. The lowest BCUT2D eigenvalue weighted by atomic mass is 10.2. The van der Waals surface area contributed by atoms with E-state index in [1.54, 1.807) is 6.33 Å². The van der Waals surface area contributed by atoms with Gasteiger partial charge in [-0.05, 0) is 34.7 Å². The molecule has 19 heavy (non-hydrogen) atoms. The Hall–Kier alpha value is -1.70.